The monoisotopic (exact) mass is 310 g/mol. The first-order valence-electron chi connectivity index (χ1n) is 8.88. The van der Waals surface area contributed by atoms with Gasteiger partial charge >= 0.3 is 0 Å². The van der Waals surface area contributed by atoms with E-state index >= 15 is 0 Å². The van der Waals surface area contributed by atoms with E-state index in [0.717, 1.165) is 6.54 Å². The highest BCUT2D eigenvalue weighted by atomic mass is 16.6. The molecule has 0 amide bonds. The van der Waals surface area contributed by atoms with Crippen molar-refractivity contribution < 1.29 is 9.84 Å². The second-order valence-electron chi connectivity index (χ2n) is 7.87. The molecule has 1 saturated carbocycles. The predicted molar refractivity (Wildman–Crippen MR) is 87.1 cm³/mol. The number of piperidine rings is 1. The minimum absolute atomic E-state index is 0.151. The van der Waals surface area contributed by atoms with Gasteiger partial charge in [-0.3, -0.25) is 4.90 Å². The molecule has 1 spiro atoms. The molecule has 4 aliphatic heterocycles. The van der Waals surface area contributed by atoms with E-state index in [4.69, 9.17) is 4.74 Å². The van der Waals surface area contributed by atoms with E-state index < -0.39 is 6.29 Å². The Labute approximate surface area is 136 Å². The summed E-state index contributed by atoms with van der Waals surface area (Å²) in [4.78, 5) is 2.69. The number of aliphatic hydroxyl groups excluding tert-OH is 1. The van der Waals surface area contributed by atoms with Gasteiger partial charge in [-0.15, -0.1) is 0 Å². The maximum Gasteiger partial charge on any atom is 0.160 e. The molecular formula is C19H22N2O2. The Morgan fingerprint density at radius 2 is 2.22 bits per heavy atom. The van der Waals surface area contributed by atoms with E-state index in [-0.39, 0.29) is 17.4 Å². The Bertz CT molecular complexity index is 717. The van der Waals surface area contributed by atoms with Crippen LogP contribution in [-0.4, -0.2) is 48.1 Å². The zero-order valence-corrected chi connectivity index (χ0v) is 13.1. The Hall–Kier alpha value is -1.36. The first-order chi connectivity index (χ1) is 11.3. The summed E-state index contributed by atoms with van der Waals surface area (Å²) in [5, 5.41) is 14.6. The zero-order chi connectivity index (χ0) is 15.2. The van der Waals surface area contributed by atoms with E-state index in [0.29, 0.717) is 18.6 Å². The number of anilines is 1. The SMILES string of the molecule is OC1OCC=C2CN3CC[C@]45c6ccccc6N[C@H]4[C@H]1[C@H]2C[C@H]35. The van der Waals surface area contributed by atoms with Gasteiger partial charge in [0, 0.05) is 35.6 Å². The highest BCUT2D eigenvalue weighted by Gasteiger charge is 2.66. The molecular weight excluding hydrogens is 288 g/mol. The number of hydrogen-bond acceptors (Lipinski definition) is 4. The predicted octanol–water partition coefficient (Wildman–Crippen LogP) is 1.72. The molecule has 0 aromatic heterocycles. The average molecular weight is 310 g/mol. The summed E-state index contributed by atoms with van der Waals surface area (Å²) in [5.41, 5.74) is 4.39. The van der Waals surface area contributed by atoms with Crippen molar-refractivity contribution in [3.63, 3.8) is 0 Å². The molecule has 4 nitrogen and oxygen atoms in total. The fourth-order valence-electron chi connectivity index (χ4n) is 6.45. The number of benzene rings is 1. The molecule has 3 fully saturated rings. The number of fused-ring (bicyclic) bond motifs is 2. The van der Waals surface area contributed by atoms with Crippen LogP contribution in [0.5, 0.6) is 0 Å². The summed E-state index contributed by atoms with van der Waals surface area (Å²) in [6.45, 7) is 2.79. The normalized spacial score (nSPS) is 46.5. The van der Waals surface area contributed by atoms with Gasteiger partial charge in [0.25, 0.3) is 0 Å². The Kier molecular flexibility index (Phi) is 2.36. The number of hydrogen-bond donors (Lipinski definition) is 2. The number of nitrogens with one attached hydrogen (secondary N) is 1. The Balaban J connectivity index is 1.59. The van der Waals surface area contributed by atoms with E-state index in [1.54, 1.807) is 0 Å². The highest BCUT2D eigenvalue weighted by molar-refractivity contribution is 5.65. The largest absolute Gasteiger partial charge is 0.381 e. The fourth-order valence-corrected chi connectivity index (χ4v) is 6.45. The van der Waals surface area contributed by atoms with Crippen molar-refractivity contribution in [3.05, 3.63) is 41.5 Å². The van der Waals surface area contributed by atoms with Crippen molar-refractivity contribution in [2.75, 3.05) is 25.0 Å². The van der Waals surface area contributed by atoms with Crippen molar-refractivity contribution in [2.45, 2.75) is 36.6 Å². The van der Waals surface area contributed by atoms with Gasteiger partial charge in [0.2, 0.25) is 0 Å². The van der Waals surface area contributed by atoms with Gasteiger partial charge in [-0.25, -0.2) is 0 Å². The van der Waals surface area contributed by atoms with Crippen molar-refractivity contribution >= 4 is 5.69 Å². The molecule has 5 aliphatic rings. The van der Waals surface area contributed by atoms with Gasteiger partial charge in [-0.1, -0.05) is 29.8 Å². The van der Waals surface area contributed by atoms with Crippen LogP contribution in [0.2, 0.25) is 0 Å². The zero-order valence-electron chi connectivity index (χ0n) is 13.1. The summed E-state index contributed by atoms with van der Waals surface area (Å²) in [6, 6.07) is 9.68. The lowest BCUT2D eigenvalue weighted by Crippen LogP contribution is -2.64. The molecule has 0 radical (unpaired) electrons. The molecule has 2 N–H and O–H groups in total. The third-order valence-electron chi connectivity index (χ3n) is 7.27. The quantitative estimate of drug-likeness (QED) is 0.716. The van der Waals surface area contributed by atoms with E-state index in [1.165, 1.54) is 36.2 Å². The number of para-hydroxylation sites is 1. The van der Waals surface area contributed by atoms with Crippen LogP contribution in [-0.2, 0) is 10.2 Å². The van der Waals surface area contributed by atoms with E-state index in [2.05, 4.69) is 40.6 Å². The molecule has 1 unspecified atom stereocenters. The molecule has 1 aliphatic carbocycles. The van der Waals surface area contributed by atoms with Gasteiger partial charge in [0.15, 0.2) is 6.29 Å². The second kappa shape index (κ2) is 4.18. The van der Waals surface area contributed by atoms with Crippen LogP contribution < -0.4 is 5.32 Å². The van der Waals surface area contributed by atoms with Crippen molar-refractivity contribution in [1.82, 2.24) is 4.90 Å². The van der Waals surface area contributed by atoms with Crippen molar-refractivity contribution in [2.24, 2.45) is 11.8 Å². The van der Waals surface area contributed by atoms with Crippen LogP contribution in [0.1, 0.15) is 18.4 Å². The molecule has 6 rings (SSSR count). The van der Waals surface area contributed by atoms with Crippen molar-refractivity contribution in [1.29, 1.82) is 0 Å². The number of nitrogens with zero attached hydrogens (tertiary/aromatic N) is 1. The molecule has 2 saturated heterocycles. The van der Waals surface area contributed by atoms with Crippen LogP contribution >= 0.6 is 0 Å². The Morgan fingerprint density at radius 3 is 3.17 bits per heavy atom. The number of aliphatic hydroxyl groups is 1. The summed E-state index contributed by atoms with van der Waals surface area (Å²) in [7, 11) is 0. The minimum Gasteiger partial charge on any atom is -0.381 e. The lowest BCUT2D eigenvalue weighted by molar-refractivity contribution is -0.152. The van der Waals surface area contributed by atoms with Crippen molar-refractivity contribution in [3.8, 4) is 0 Å². The smallest absolute Gasteiger partial charge is 0.160 e. The molecule has 120 valence electrons. The van der Waals surface area contributed by atoms with E-state index in [1.807, 2.05) is 0 Å². The van der Waals surface area contributed by atoms with Gasteiger partial charge in [0.05, 0.1) is 6.61 Å². The lowest BCUT2D eigenvalue weighted by Gasteiger charge is -2.55. The maximum absolute atomic E-state index is 10.8. The first kappa shape index (κ1) is 13.0. The van der Waals surface area contributed by atoms with Gasteiger partial charge in [-0.05, 0) is 36.9 Å². The number of rotatable bonds is 0. The molecule has 6 atom stereocenters. The molecule has 2 bridgehead atoms. The highest BCUT2D eigenvalue weighted by Crippen LogP contribution is 2.62. The summed E-state index contributed by atoms with van der Waals surface area (Å²) < 4.78 is 5.75. The third kappa shape index (κ3) is 1.40. The first-order valence-corrected chi connectivity index (χ1v) is 8.88. The number of ether oxygens (including phenoxy) is 1. The molecule has 4 heterocycles. The molecule has 4 heteroatoms. The summed E-state index contributed by atoms with van der Waals surface area (Å²) in [6.07, 6.45) is 3.93. The molecule has 1 aromatic carbocycles. The topological polar surface area (TPSA) is 44.7 Å². The minimum atomic E-state index is -0.662. The standard InChI is InChI=1S/C19H22N2O2/c22-18-16-12-9-15-19(6-7-21(15)10-11(12)5-8-23-18)13-3-1-2-4-14(13)20-17(16)19/h1-5,12,15-18,20,22H,6-10H2/t12-,15-,16+,17-,18?,19+/m0/s1. The summed E-state index contributed by atoms with van der Waals surface area (Å²) in [5.74, 6) is 0.624. The van der Waals surface area contributed by atoms with Crippen LogP contribution in [0.15, 0.2) is 35.9 Å². The second-order valence-corrected chi connectivity index (χ2v) is 7.87. The summed E-state index contributed by atoms with van der Waals surface area (Å²) >= 11 is 0. The Morgan fingerprint density at radius 1 is 1.30 bits per heavy atom. The van der Waals surface area contributed by atoms with Gasteiger partial charge in [0.1, 0.15) is 0 Å². The van der Waals surface area contributed by atoms with Crippen LogP contribution in [0, 0.1) is 11.8 Å². The average Bonchev–Trinajstić information content (AvgIpc) is 3.06. The fraction of sp³-hybridized carbons (Fsp3) is 0.579. The van der Waals surface area contributed by atoms with Crippen LogP contribution in [0.3, 0.4) is 0 Å². The van der Waals surface area contributed by atoms with E-state index in [9.17, 15) is 5.11 Å². The molecule has 23 heavy (non-hydrogen) atoms. The van der Waals surface area contributed by atoms with Gasteiger partial charge < -0.3 is 15.2 Å². The third-order valence-corrected chi connectivity index (χ3v) is 7.27. The van der Waals surface area contributed by atoms with Gasteiger partial charge in [-0.2, -0.15) is 0 Å². The van der Waals surface area contributed by atoms with Crippen LogP contribution in [0.25, 0.3) is 0 Å². The van der Waals surface area contributed by atoms with Crippen LogP contribution in [0.4, 0.5) is 5.69 Å². The molecule has 1 aromatic rings. The maximum atomic E-state index is 10.8. The lowest BCUT2D eigenvalue weighted by atomic mass is 9.55.